The van der Waals surface area contributed by atoms with Gasteiger partial charge in [-0.2, -0.15) is 0 Å². The van der Waals surface area contributed by atoms with Crippen LogP contribution in [0.4, 0.5) is 0 Å². The van der Waals surface area contributed by atoms with E-state index in [-0.39, 0.29) is 5.54 Å². The van der Waals surface area contributed by atoms with Crippen LogP contribution in [0.3, 0.4) is 0 Å². The van der Waals surface area contributed by atoms with E-state index < -0.39 is 0 Å². The zero-order valence-electron chi connectivity index (χ0n) is 12.2. The second-order valence-corrected chi connectivity index (χ2v) is 6.02. The number of alkyl halides is 1. The van der Waals surface area contributed by atoms with Gasteiger partial charge in [-0.05, 0) is 46.5 Å². The number of hydrogen-bond acceptors (Lipinski definition) is 3. The van der Waals surface area contributed by atoms with Gasteiger partial charge in [-0.1, -0.05) is 0 Å². The third-order valence-electron chi connectivity index (χ3n) is 3.79. The number of aryl methyl sites for hydroxylation is 1. The maximum atomic E-state index is 6.04. The SMILES string of the molecule is Cc1ccnc2c1nc(CCl)n2CC(C)(C)N(C)C. The second-order valence-electron chi connectivity index (χ2n) is 5.75. The molecule has 0 amide bonds. The monoisotopic (exact) mass is 280 g/mol. The van der Waals surface area contributed by atoms with Crippen LogP contribution >= 0.6 is 11.6 Å². The Balaban J connectivity index is 2.56. The summed E-state index contributed by atoms with van der Waals surface area (Å²) >= 11 is 6.04. The summed E-state index contributed by atoms with van der Waals surface area (Å²) in [6, 6.07) is 1.98. The van der Waals surface area contributed by atoms with Crippen LogP contribution in [0.2, 0.25) is 0 Å². The van der Waals surface area contributed by atoms with Crippen molar-refractivity contribution < 1.29 is 0 Å². The molecule has 0 atom stereocenters. The van der Waals surface area contributed by atoms with Gasteiger partial charge in [0.2, 0.25) is 0 Å². The number of rotatable bonds is 4. The Hall–Kier alpha value is -1.13. The first-order valence-corrected chi connectivity index (χ1v) is 6.94. The highest BCUT2D eigenvalue weighted by atomic mass is 35.5. The summed E-state index contributed by atoms with van der Waals surface area (Å²) in [4.78, 5) is 11.3. The van der Waals surface area contributed by atoms with E-state index >= 15 is 0 Å². The minimum absolute atomic E-state index is 0.0138. The molecule has 0 N–H and O–H groups in total. The molecule has 0 spiro atoms. The smallest absolute Gasteiger partial charge is 0.160 e. The number of fused-ring (bicyclic) bond motifs is 1. The van der Waals surface area contributed by atoms with E-state index in [1.807, 2.05) is 12.3 Å². The molecule has 104 valence electrons. The maximum Gasteiger partial charge on any atom is 0.160 e. The number of pyridine rings is 1. The third kappa shape index (κ3) is 2.60. The molecule has 0 aliphatic heterocycles. The Morgan fingerprint density at radius 2 is 2.05 bits per heavy atom. The van der Waals surface area contributed by atoms with Gasteiger partial charge in [0.1, 0.15) is 11.3 Å². The van der Waals surface area contributed by atoms with E-state index in [1.54, 1.807) is 0 Å². The summed E-state index contributed by atoms with van der Waals surface area (Å²) in [6.07, 6.45) is 1.83. The summed E-state index contributed by atoms with van der Waals surface area (Å²) in [5.41, 5.74) is 3.02. The number of likely N-dealkylation sites (N-methyl/N-ethyl adjacent to an activating group) is 1. The minimum Gasteiger partial charge on any atom is -0.310 e. The number of hydrogen-bond donors (Lipinski definition) is 0. The lowest BCUT2D eigenvalue weighted by molar-refractivity contribution is 0.170. The molecule has 0 fully saturated rings. The molecular weight excluding hydrogens is 260 g/mol. The number of halogens is 1. The Kier molecular flexibility index (Phi) is 3.83. The first-order valence-electron chi connectivity index (χ1n) is 6.41. The van der Waals surface area contributed by atoms with Crippen LogP contribution in [-0.4, -0.2) is 39.1 Å². The van der Waals surface area contributed by atoms with Gasteiger partial charge in [0, 0.05) is 18.3 Å². The van der Waals surface area contributed by atoms with Crippen LogP contribution in [0.1, 0.15) is 25.2 Å². The standard InChI is InChI=1S/C14H21ClN4/c1-10-6-7-16-13-12(10)17-11(8-15)19(13)9-14(2,3)18(4)5/h6-7H,8-9H2,1-5H3. The molecule has 0 saturated heterocycles. The molecule has 0 radical (unpaired) electrons. The van der Waals surface area contributed by atoms with E-state index in [9.17, 15) is 0 Å². The van der Waals surface area contributed by atoms with E-state index in [0.717, 1.165) is 29.1 Å². The molecule has 0 saturated carbocycles. The molecule has 0 unspecified atom stereocenters. The molecule has 2 aromatic heterocycles. The van der Waals surface area contributed by atoms with E-state index in [2.05, 4.69) is 54.3 Å². The zero-order chi connectivity index (χ0) is 14.2. The average Bonchev–Trinajstić information content (AvgIpc) is 2.68. The lowest BCUT2D eigenvalue weighted by atomic mass is 10.0. The fraction of sp³-hybridized carbons (Fsp3) is 0.571. The average molecular weight is 281 g/mol. The Labute approximate surface area is 119 Å². The molecule has 19 heavy (non-hydrogen) atoms. The summed E-state index contributed by atoms with van der Waals surface area (Å²) in [6.45, 7) is 7.27. The van der Waals surface area contributed by atoms with E-state index in [1.165, 1.54) is 0 Å². The fourth-order valence-corrected chi connectivity index (χ4v) is 2.18. The van der Waals surface area contributed by atoms with Gasteiger partial charge in [-0.15, -0.1) is 11.6 Å². The Morgan fingerprint density at radius 3 is 2.63 bits per heavy atom. The molecule has 2 heterocycles. The quantitative estimate of drug-likeness (QED) is 0.808. The summed E-state index contributed by atoms with van der Waals surface area (Å²) in [7, 11) is 4.16. The summed E-state index contributed by atoms with van der Waals surface area (Å²) in [5, 5.41) is 0. The van der Waals surface area contributed by atoms with E-state index in [0.29, 0.717) is 5.88 Å². The van der Waals surface area contributed by atoms with Gasteiger partial charge < -0.3 is 9.47 Å². The van der Waals surface area contributed by atoms with Gasteiger partial charge in [-0.3, -0.25) is 0 Å². The highest BCUT2D eigenvalue weighted by molar-refractivity contribution is 6.16. The Morgan fingerprint density at radius 1 is 1.37 bits per heavy atom. The molecular formula is C14H21ClN4. The Bertz CT molecular complexity index is 586. The molecule has 0 bridgehead atoms. The van der Waals surface area contributed by atoms with Crippen molar-refractivity contribution in [2.45, 2.75) is 38.7 Å². The van der Waals surface area contributed by atoms with Crippen molar-refractivity contribution in [1.82, 2.24) is 19.4 Å². The van der Waals surface area contributed by atoms with Gasteiger partial charge >= 0.3 is 0 Å². The van der Waals surface area contributed by atoms with Crippen LogP contribution < -0.4 is 0 Å². The van der Waals surface area contributed by atoms with Gasteiger partial charge in [-0.25, -0.2) is 9.97 Å². The van der Waals surface area contributed by atoms with Crippen molar-refractivity contribution in [3.8, 4) is 0 Å². The van der Waals surface area contributed by atoms with Crippen molar-refractivity contribution in [3.63, 3.8) is 0 Å². The predicted molar refractivity (Wildman–Crippen MR) is 79.6 cm³/mol. The van der Waals surface area contributed by atoms with Gasteiger partial charge in [0.25, 0.3) is 0 Å². The predicted octanol–water partition coefficient (Wildman–Crippen LogP) is 2.82. The number of aromatic nitrogens is 3. The van der Waals surface area contributed by atoms with Crippen LogP contribution in [-0.2, 0) is 12.4 Å². The second kappa shape index (κ2) is 5.10. The van der Waals surface area contributed by atoms with Crippen molar-refractivity contribution in [2.24, 2.45) is 0 Å². The minimum atomic E-state index is 0.0138. The van der Waals surface area contributed by atoms with Crippen molar-refractivity contribution in [2.75, 3.05) is 14.1 Å². The fourth-order valence-electron chi connectivity index (χ4n) is 1.98. The van der Waals surface area contributed by atoms with Gasteiger partial charge in [0.15, 0.2) is 5.65 Å². The summed E-state index contributed by atoms with van der Waals surface area (Å²) < 4.78 is 2.13. The van der Waals surface area contributed by atoms with Crippen LogP contribution in [0.5, 0.6) is 0 Å². The molecule has 2 rings (SSSR count). The lowest BCUT2D eigenvalue weighted by Crippen LogP contribution is -2.42. The zero-order valence-corrected chi connectivity index (χ0v) is 13.0. The normalized spacial score (nSPS) is 12.6. The van der Waals surface area contributed by atoms with Crippen molar-refractivity contribution >= 4 is 22.8 Å². The highest BCUT2D eigenvalue weighted by Crippen LogP contribution is 2.22. The first-order chi connectivity index (χ1) is 8.86. The van der Waals surface area contributed by atoms with Crippen molar-refractivity contribution in [1.29, 1.82) is 0 Å². The molecule has 2 aromatic rings. The highest BCUT2D eigenvalue weighted by Gasteiger charge is 2.24. The van der Waals surface area contributed by atoms with Crippen LogP contribution in [0, 0.1) is 6.92 Å². The lowest BCUT2D eigenvalue weighted by Gasteiger charge is -2.33. The van der Waals surface area contributed by atoms with E-state index in [4.69, 9.17) is 11.6 Å². The molecule has 5 heteroatoms. The number of imidazole rings is 1. The molecule has 0 aliphatic rings. The molecule has 0 aliphatic carbocycles. The topological polar surface area (TPSA) is 34.0 Å². The van der Waals surface area contributed by atoms with Crippen LogP contribution in [0.15, 0.2) is 12.3 Å². The number of nitrogens with zero attached hydrogens (tertiary/aromatic N) is 4. The summed E-state index contributed by atoms with van der Waals surface area (Å²) in [5.74, 6) is 1.28. The largest absolute Gasteiger partial charge is 0.310 e. The third-order valence-corrected chi connectivity index (χ3v) is 4.03. The van der Waals surface area contributed by atoms with Crippen molar-refractivity contribution in [3.05, 3.63) is 23.7 Å². The first kappa shape index (κ1) is 14.3. The maximum absolute atomic E-state index is 6.04. The van der Waals surface area contributed by atoms with Gasteiger partial charge in [0.05, 0.1) is 5.88 Å². The van der Waals surface area contributed by atoms with Crippen LogP contribution in [0.25, 0.3) is 11.2 Å². The molecule has 0 aromatic carbocycles. The molecule has 4 nitrogen and oxygen atoms in total.